The largest absolute Gasteiger partial charge is 0.436 e. The number of fused-ring (bicyclic) bond motifs is 2. The van der Waals surface area contributed by atoms with E-state index in [1.54, 1.807) is 10.7 Å². The molecule has 186 valence electrons. The van der Waals surface area contributed by atoms with E-state index < -0.39 is 17.5 Å². The third-order valence-electron chi connectivity index (χ3n) is 7.64. The number of nitrogens with zero attached hydrogens (tertiary/aromatic N) is 3. The smallest absolute Gasteiger partial charge is 0.412 e. The summed E-state index contributed by atoms with van der Waals surface area (Å²) in [6, 6.07) is 10.9. The first kappa shape index (κ1) is 22.8. The van der Waals surface area contributed by atoms with E-state index in [0.29, 0.717) is 25.1 Å². The van der Waals surface area contributed by atoms with Gasteiger partial charge < -0.3 is 15.4 Å². The lowest BCUT2D eigenvalue weighted by Gasteiger charge is -2.45. The number of hydrogen-bond acceptors (Lipinski definition) is 5. The monoisotopic (exact) mass is 509 g/mol. The van der Waals surface area contributed by atoms with Gasteiger partial charge in [-0.3, -0.25) is 10.1 Å². The van der Waals surface area contributed by atoms with Crippen molar-refractivity contribution < 1.29 is 18.7 Å². The van der Waals surface area contributed by atoms with Gasteiger partial charge in [0.2, 0.25) is 0 Å². The fraction of sp³-hybridized carbons (Fsp3) is 0.346. The standard InChI is InChI=1S/C26H25ClFN5O3/c1-25(10-11-25)16-5-2-3-6-19(16)33-22(29)15(13-30-33)23(34)32-12-4-9-26(14-32)20-18(31-24(35)36-26)8-7-17(27)21(20)28/h2-3,5-8,13H,4,9-12,14,29H2,1H3,(H,31,35)/t26-/m0/s1. The zero-order chi connectivity index (χ0) is 25.2. The Balaban J connectivity index is 1.34. The fourth-order valence-electron chi connectivity index (χ4n) is 5.46. The van der Waals surface area contributed by atoms with E-state index in [9.17, 15) is 9.59 Å². The Morgan fingerprint density at radius 1 is 1.22 bits per heavy atom. The molecule has 2 fully saturated rings. The summed E-state index contributed by atoms with van der Waals surface area (Å²) in [5.41, 5.74) is 7.88. The maximum absolute atomic E-state index is 15.2. The van der Waals surface area contributed by atoms with Crippen LogP contribution in [0, 0.1) is 5.82 Å². The Kier molecular flexibility index (Phi) is 5.05. The Morgan fingerprint density at radius 3 is 2.78 bits per heavy atom. The maximum atomic E-state index is 15.2. The molecule has 1 saturated heterocycles. The molecule has 1 aromatic heterocycles. The number of piperidine rings is 1. The van der Waals surface area contributed by atoms with E-state index in [-0.39, 0.29) is 39.8 Å². The number of carbonyl (C=O) groups is 2. The van der Waals surface area contributed by atoms with Crippen LogP contribution in [0.3, 0.4) is 0 Å². The number of halogens is 2. The summed E-state index contributed by atoms with van der Waals surface area (Å²) >= 11 is 6.06. The number of hydrogen-bond donors (Lipinski definition) is 2. The fourth-order valence-corrected chi connectivity index (χ4v) is 5.61. The Labute approximate surface area is 212 Å². The summed E-state index contributed by atoms with van der Waals surface area (Å²) in [6.45, 7) is 2.58. The molecule has 1 spiro atoms. The van der Waals surface area contributed by atoms with E-state index >= 15 is 4.39 Å². The van der Waals surface area contributed by atoms with Crippen LogP contribution in [-0.2, 0) is 15.8 Å². The van der Waals surface area contributed by atoms with Crippen LogP contribution in [-0.4, -0.2) is 39.8 Å². The number of ether oxygens (including phenoxy) is 1. The van der Waals surface area contributed by atoms with Crippen molar-refractivity contribution in [1.29, 1.82) is 0 Å². The van der Waals surface area contributed by atoms with Gasteiger partial charge in [-0.2, -0.15) is 5.10 Å². The van der Waals surface area contributed by atoms with Crippen LogP contribution in [0.25, 0.3) is 5.69 Å². The van der Waals surface area contributed by atoms with Crippen LogP contribution in [0.4, 0.5) is 20.7 Å². The number of nitrogens with one attached hydrogen (secondary N) is 1. The second-order valence-electron chi connectivity index (χ2n) is 10.1. The van der Waals surface area contributed by atoms with Gasteiger partial charge in [0.1, 0.15) is 11.4 Å². The molecule has 3 aromatic rings. The molecule has 0 bridgehead atoms. The molecular formula is C26H25ClFN5O3. The first-order valence-electron chi connectivity index (χ1n) is 11.9. The number of likely N-dealkylation sites (tertiary alicyclic amines) is 1. The SMILES string of the molecule is CC1(c2ccccc2-n2ncc(C(=O)N3CCC[C@@]4(C3)OC(=O)Nc3ccc(Cl)c(F)c34)c2N)CC1. The van der Waals surface area contributed by atoms with Gasteiger partial charge in [-0.1, -0.05) is 36.7 Å². The van der Waals surface area contributed by atoms with Gasteiger partial charge in [-0.15, -0.1) is 0 Å². The molecule has 3 aliphatic rings. The molecule has 8 nitrogen and oxygen atoms in total. The number of amides is 2. The summed E-state index contributed by atoms with van der Waals surface area (Å²) < 4.78 is 22.5. The molecule has 3 N–H and O–H groups in total. The van der Waals surface area contributed by atoms with E-state index in [1.165, 1.54) is 17.2 Å². The lowest BCUT2D eigenvalue weighted by Crippen LogP contribution is -2.53. The number of aromatic nitrogens is 2. The summed E-state index contributed by atoms with van der Waals surface area (Å²) in [5, 5.41) is 6.91. The predicted molar refractivity (Wildman–Crippen MR) is 133 cm³/mol. The van der Waals surface area contributed by atoms with Crippen LogP contribution >= 0.6 is 11.6 Å². The van der Waals surface area contributed by atoms with E-state index in [2.05, 4.69) is 23.4 Å². The summed E-state index contributed by atoms with van der Waals surface area (Å²) in [5.74, 6) is -0.791. The molecule has 2 aliphatic heterocycles. The highest BCUT2D eigenvalue weighted by molar-refractivity contribution is 6.31. The molecule has 3 heterocycles. The third kappa shape index (κ3) is 3.44. The molecule has 1 atom stereocenters. The van der Waals surface area contributed by atoms with Crippen LogP contribution in [0.15, 0.2) is 42.6 Å². The number of carbonyl (C=O) groups excluding carboxylic acids is 2. The van der Waals surface area contributed by atoms with Gasteiger partial charge in [0, 0.05) is 6.54 Å². The molecule has 2 aromatic carbocycles. The number of para-hydroxylation sites is 1. The number of nitrogen functional groups attached to an aromatic ring is 1. The van der Waals surface area contributed by atoms with Crippen molar-refractivity contribution in [1.82, 2.24) is 14.7 Å². The van der Waals surface area contributed by atoms with Gasteiger partial charge in [-0.25, -0.2) is 13.9 Å². The average Bonchev–Trinajstić information content (AvgIpc) is 3.50. The zero-order valence-electron chi connectivity index (χ0n) is 19.7. The van der Waals surface area contributed by atoms with Crippen LogP contribution in [0.1, 0.15) is 54.1 Å². The third-order valence-corrected chi connectivity index (χ3v) is 7.93. The molecule has 1 saturated carbocycles. The van der Waals surface area contributed by atoms with Gasteiger partial charge in [0.25, 0.3) is 5.91 Å². The van der Waals surface area contributed by atoms with Crippen LogP contribution in [0.2, 0.25) is 5.02 Å². The van der Waals surface area contributed by atoms with Crippen molar-refractivity contribution in [3.63, 3.8) is 0 Å². The van der Waals surface area contributed by atoms with Crippen molar-refractivity contribution in [3.8, 4) is 5.69 Å². The van der Waals surface area contributed by atoms with Gasteiger partial charge >= 0.3 is 6.09 Å². The number of benzene rings is 2. The minimum atomic E-state index is -1.35. The second-order valence-corrected chi connectivity index (χ2v) is 10.5. The van der Waals surface area contributed by atoms with Crippen molar-refractivity contribution >= 4 is 35.1 Å². The first-order chi connectivity index (χ1) is 17.2. The van der Waals surface area contributed by atoms with Gasteiger partial charge in [-0.05, 0) is 54.9 Å². The normalized spacial score (nSPS) is 22.1. The summed E-state index contributed by atoms with van der Waals surface area (Å²) in [6.07, 6.45) is 3.79. The molecule has 2 amide bonds. The van der Waals surface area contributed by atoms with Crippen molar-refractivity contribution in [2.45, 2.75) is 43.6 Å². The number of rotatable bonds is 3. The quantitative estimate of drug-likeness (QED) is 0.517. The summed E-state index contributed by atoms with van der Waals surface area (Å²) in [4.78, 5) is 27.5. The van der Waals surface area contributed by atoms with E-state index in [0.717, 1.165) is 24.1 Å². The molecule has 0 radical (unpaired) electrons. The minimum absolute atomic E-state index is 0.0250. The predicted octanol–water partition coefficient (Wildman–Crippen LogP) is 4.99. The second kappa shape index (κ2) is 7.96. The van der Waals surface area contributed by atoms with E-state index in [4.69, 9.17) is 22.1 Å². The first-order valence-corrected chi connectivity index (χ1v) is 12.3. The zero-order valence-corrected chi connectivity index (χ0v) is 20.4. The molecule has 6 rings (SSSR count). The maximum Gasteiger partial charge on any atom is 0.412 e. The minimum Gasteiger partial charge on any atom is -0.436 e. The molecular weight excluding hydrogens is 485 g/mol. The Hall–Kier alpha value is -3.59. The molecule has 1 aliphatic carbocycles. The lowest BCUT2D eigenvalue weighted by molar-refractivity contribution is -0.0418. The number of nitrogens with two attached hydrogens (primary N) is 1. The highest BCUT2D eigenvalue weighted by atomic mass is 35.5. The summed E-state index contributed by atoms with van der Waals surface area (Å²) in [7, 11) is 0. The topological polar surface area (TPSA) is 102 Å². The van der Waals surface area contributed by atoms with Crippen LogP contribution < -0.4 is 11.1 Å². The van der Waals surface area contributed by atoms with Crippen molar-refractivity contribution in [3.05, 3.63) is 70.1 Å². The van der Waals surface area contributed by atoms with Gasteiger partial charge in [0.05, 0.1) is 34.7 Å². The highest BCUT2D eigenvalue weighted by Gasteiger charge is 2.49. The highest BCUT2D eigenvalue weighted by Crippen LogP contribution is 2.50. The average molecular weight is 510 g/mol. The molecule has 36 heavy (non-hydrogen) atoms. The molecule has 10 heteroatoms. The van der Waals surface area contributed by atoms with Crippen molar-refractivity contribution in [2.24, 2.45) is 0 Å². The van der Waals surface area contributed by atoms with Crippen LogP contribution in [0.5, 0.6) is 0 Å². The Bertz CT molecular complexity index is 1420. The van der Waals surface area contributed by atoms with Crippen molar-refractivity contribution in [2.75, 3.05) is 24.1 Å². The van der Waals surface area contributed by atoms with Gasteiger partial charge in [0.15, 0.2) is 11.4 Å². The number of anilines is 2. The Morgan fingerprint density at radius 2 is 2.00 bits per heavy atom. The lowest BCUT2D eigenvalue weighted by atomic mass is 9.83. The van der Waals surface area contributed by atoms with E-state index in [1.807, 2.05) is 18.2 Å². The molecule has 0 unspecified atom stereocenters.